The minimum Gasteiger partial charge on any atom is -0.444 e. The van der Waals surface area contributed by atoms with Gasteiger partial charge in [0.1, 0.15) is 5.60 Å². The summed E-state index contributed by atoms with van der Waals surface area (Å²) in [6.07, 6.45) is 9.59. The number of nitrogens with one attached hydrogen (secondary N) is 1. The van der Waals surface area contributed by atoms with Gasteiger partial charge in [-0.05, 0) is 72.3 Å². The van der Waals surface area contributed by atoms with Gasteiger partial charge in [-0.2, -0.15) is 0 Å². The van der Waals surface area contributed by atoms with Crippen LogP contribution < -0.4 is 5.32 Å². The highest BCUT2D eigenvalue weighted by Gasteiger charge is 2.30. The van der Waals surface area contributed by atoms with E-state index < -0.39 is 5.60 Å². The molecule has 2 rings (SSSR count). The van der Waals surface area contributed by atoms with E-state index in [9.17, 15) is 4.79 Å². The van der Waals surface area contributed by atoms with Crippen LogP contribution in [0.5, 0.6) is 0 Å². The lowest BCUT2D eigenvalue weighted by molar-refractivity contribution is 0.00823. The Labute approximate surface area is 129 Å². The normalized spacial score (nSPS) is 27.5. The maximum Gasteiger partial charge on any atom is 0.410 e. The molecule has 2 saturated heterocycles. The van der Waals surface area contributed by atoms with E-state index in [1.165, 1.54) is 32.1 Å². The first kappa shape index (κ1) is 16.6. The largest absolute Gasteiger partial charge is 0.444 e. The summed E-state index contributed by atoms with van der Waals surface area (Å²) in [6.45, 7) is 7.84. The van der Waals surface area contributed by atoms with E-state index in [-0.39, 0.29) is 6.09 Å². The van der Waals surface area contributed by atoms with Crippen LogP contribution in [0.4, 0.5) is 4.79 Å². The van der Waals surface area contributed by atoms with Crippen LogP contribution in [0.3, 0.4) is 0 Å². The highest BCUT2D eigenvalue weighted by molar-refractivity contribution is 5.68. The number of carbonyl (C=O) groups excluding carboxylic acids is 1. The molecule has 4 nitrogen and oxygen atoms in total. The van der Waals surface area contributed by atoms with Crippen LogP contribution in [0.25, 0.3) is 0 Å². The fraction of sp³-hybridized carbons (Fsp3) is 0.941. The van der Waals surface area contributed by atoms with E-state index in [2.05, 4.69) is 5.32 Å². The zero-order valence-corrected chi connectivity index (χ0v) is 14.0. The highest BCUT2D eigenvalue weighted by atomic mass is 16.6. The molecule has 2 fully saturated rings. The second-order valence-corrected chi connectivity index (χ2v) is 7.55. The lowest BCUT2D eigenvalue weighted by Gasteiger charge is -2.37. The van der Waals surface area contributed by atoms with Crippen molar-refractivity contribution in [2.24, 2.45) is 0 Å². The SMILES string of the molecule is CC(C)(C)OC(=O)N1CCCC[C@H]1CC[C@H]1CCCCN1. The van der Waals surface area contributed by atoms with Crippen molar-refractivity contribution in [2.45, 2.75) is 89.8 Å². The molecule has 0 spiro atoms. The van der Waals surface area contributed by atoms with E-state index in [1.54, 1.807) is 0 Å². The van der Waals surface area contributed by atoms with Crippen LogP contribution in [0.15, 0.2) is 0 Å². The van der Waals surface area contributed by atoms with Crippen molar-refractivity contribution in [1.29, 1.82) is 0 Å². The summed E-state index contributed by atoms with van der Waals surface area (Å²) in [6, 6.07) is 1.03. The summed E-state index contributed by atoms with van der Waals surface area (Å²) in [5, 5.41) is 3.61. The number of piperidine rings is 2. The molecule has 0 bridgehead atoms. The first-order valence-electron chi connectivity index (χ1n) is 8.69. The fourth-order valence-corrected chi connectivity index (χ4v) is 3.43. The molecule has 0 aromatic carbocycles. The Balaban J connectivity index is 1.84. The first-order chi connectivity index (χ1) is 9.96. The highest BCUT2D eigenvalue weighted by Crippen LogP contribution is 2.25. The minimum atomic E-state index is -0.399. The number of amides is 1. The van der Waals surface area contributed by atoms with Crippen LogP contribution in [0.2, 0.25) is 0 Å². The molecule has 0 radical (unpaired) electrons. The van der Waals surface area contributed by atoms with Gasteiger partial charge in [0.25, 0.3) is 0 Å². The Morgan fingerprint density at radius 2 is 1.90 bits per heavy atom. The second kappa shape index (κ2) is 7.48. The van der Waals surface area contributed by atoms with Gasteiger partial charge in [-0.15, -0.1) is 0 Å². The van der Waals surface area contributed by atoms with Gasteiger partial charge in [0.15, 0.2) is 0 Å². The molecule has 1 N–H and O–H groups in total. The van der Waals surface area contributed by atoms with Crippen LogP contribution in [-0.4, -0.2) is 41.8 Å². The minimum absolute atomic E-state index is 0.121. The van der Waals surface area contributed by atoms with Crippen LogP contribution >= 0.6 is 0 Å². The van der Waals surface area contributed by atoms with E-state index in [4.69, 9.17) is 4.74 Å². The van der Waals surface area contributed by atoms with Crippen LogP contribution in [0, 0.1) is 0 Å². The number of rotatable bonds is 3. The quantitative estimate of drug-likeness (QED) is 0.863. The monoisotopic (exact) mass is 296 g/mol. The van der Waals surface area contributed by atoms with Gasteiger partial charge in [-0.3, -0.25) is 0 Å². The van der Waals surface area contributed by atoms with Crippen molar-refractivity contribution in [3.05, 3.63) is 0 Å². The molecule has 0 aromatic rings. The predicted octanol–water partition coefficient (Wildman–Crippen LogP) is 3.70. The number of likely N-dealkylation sites (tertiary alicyclic amines) is 1. The van der Waals surface area contributed by atoms with Gasteiger partial charge in [0.05, 0.1) is 0 Å². The molecular formula is C17H32N2O2. The third kappa shape index (κ3) is 5.50. The van der Waals surface area contributed by atoms with Crippen molar-refractivity contribution >= 4 is 6.09 Å². The Hall–Kier alpha value is -0.770. The Morgan fingerprint density at radius 3 is 2.57 bits per heavy atom. The maximum atomic E-state index is 12.4. The fourth-order valence-electron chi connectivity index (χ4n) is 3.43. The zero-order chi connectivity index (χ0) is 15.3. The molecule has 2 aliphatic heterocycles. The van der Waals surface area contributed by atoms with Gasteiger partial charge < -0.3 is 15.0 Å². The lowest BCUT2D eigenvalue weighted by atomic mass is 9.93. The standard InChI is InChI=1S/C17H32N2O2/c1-17(2,3)21-16(20)19-13-7-5-9-15(19)11-10-14-8-4-6-12-18-14/h14-15,18H,4-13H2,1-3H3/t14-,15+/m1/s1. The molecule has 122 valence electrons. The Morgan fingerprint density at radius 1 is 1.14 bits per heavy atom. The molecular weight excluding hydrogens is 264 g/mol. The molecule has 1 amide bonds. The summed E-state index contributed by atoms with van der Waals surface area (Å²) in [5.41, 5.74) is -0.399. The summed E-state index contributed by atoms with van der Waals surface area (Å²) in [5.74, 6) is 0. The third-order valence-electron chi connectivity index (χ3n) is 4.52. The molecule has 2 heterocycles. The van der Waals surface area contributed by atoms with E-state index in [0.29, 0.717) is 12.1 Å². The zero-order valence-electron chi connectivity index (χ0n) is 14.0. The summed E-state index contributed by atoms with van der Waals surface area (Å²) < 4.78 is 5.57. The number of carbonyl (C=O) groups is 1. The van der Waals surface area contributed by atoms with E-state index >= 15 is 0 Å². The molecule has 0 unspecified atom stereocenters. The number of hydrogen-bond acceptors (Lipinski definition) is 3. The van der Waals surface area contributed by atoms with Gasteiger partial charge in [0.2, 0.25) is 0 Å². The molecule has 4 heteroatoms. The van der Waals surface area contributed by atoms with Gasteiger partial charge in [-0.25, -0.2) is 4.79 Å². The van der Waals surface area contributed by atoms with Crippen molar-refractivity contribution in [3.63, 3.8) is 0 Å². The summed E-state index contributed by atoms with van der Waals surface area (Å²) >= 11 is 0. The van der Waals surface area contributed by atoms with E-state index in [1.807, 2.05) is 25.7 Å². The number of ether oxygens (including phenoxy) is 1. The lowest BCUT2D eigenvalue weighted by Crippen LogP contribution is -2.47. The Kier molecular flexibility index (Phi) is 5.91. The predicted molar refractivity (Wildman–Crippen MR) is 85.5 cm³/mol. The summed E-state index contributed by atoms with van der Waals surface area (Å²) in [4.78, 5) is 14.3. The van der Waals surface area contributed by atoms with Crippen molar-refractivity contribution in [2.75, 3.05) is 13.1 Å². The average molecular weight is 296 g/mol. The molecule has 2 atom stereocenters. The topological polar surface area (TPSA) is 41.6 Å². The van der Waals surface area contributed by atoms with Crippen LogP contribution in [-0.2, 0) is 4.74 Å². The van der Waals surface area contributed by atoms with Crippen LogP contribution in [0.1, 0.15) is 72.1 Å². The van der Waals surface area contributed by atoms with Gasteiger partial charge in [-0.1, -0.05) is 6.42 Å². The third-order valence-corrected chi connectivity index (χ3v) is 4.52. The van der Waals surface area contributed by atoms with Crippen molar-refractivity contribution in [1.82, 2.24) is 10.2 Å². The average Bonchev–Trinajstić information content (AvgIpc) is 2.45. The molecule has 0 aromatic heterocycles. The maximum absolute atomic E-state index is 12.4. The number of nitrogens with zero attached hydrogens (tertiary/aromatic N) is 1. The summed E-state index contributed by atoms with van der Waals surface area (Å²) in [7, 11) is 0. The first-order valence-corrected chi connectivity index (χ1v) is 8.69. The smallest absolute Gasteiger partial charge is 0.410 e. The van der Waals surface area contributed by atoms with Gasteiger partial charge >= 0.3 is 6.09 Å². The van der Waals surface area contributed by atoms with E-state index in [0.717, 1.165) is 32.4 Å². The molecule has 2 aliphatic rings. The number of hydrogen-bond donors (Lipinski definition) is 1. The molecule has 21 heavy (non-hydrogen) atoms. The Bertz CT molecular complexity index is 332. The van der Waals surface area contributed by atoms with Crippen molar-refractivity contribution in [3.8, 4) is 0 Å². The molecule has 0 aliphatic carbocycles. The van der Waals surface area contributed by atoms with Crippen molar-refractivity contribution < 1.29 is 9.53 Å². The second-order valence-electron chi connectivity index (χ2n) is 7.55. The molecule has 0 saturated carbocycles. The van der Waals surface area contributed by atoms with Gasteiger partial charge in [0, 0.05) is 18.6 Å².